The van der Waals surface area contributed by atoms with E-state index < -0.39 is 17.1 Å². The number of hydrogen-bond donors (Lipinski definition) is 3. The molecule has 5 aromatic rings. The zero-order valence-corrected chi connectivity index (χ0v) is 27.5. The van der Waals surface area contributed by atoms with E-state index in [2.05, 4.69) is 22.0 Å². The number of thiophene rings is 2. The normalized spacial score (nSPS) is 11.7. The van der Waals surface area contributed by atoms with Gasteiger partial charge in [0.15, 0.2) is 0 Å². The maximum absolute atomic E-state index is 13.4. The molecule has 3 amide bonds. The molecule has 0 saturated carbocycles. The summed E-state index contributed by atoms with van der Waals surface area (Å²) in [5.41, 5.74) is 4.34. The number of benzene rings is 3. The second-order valence-electron chi connectivity index (χ2n) is 10.2. The smallest absolute Gasteiger partial charge is 0.272 e. The molecule has 0 radical (unpaired) electrons. The van der Waals surface area contributed by atoms with Crippen LogP contribution < -0.4 is 16.0 Å². The highest BCUT2D eigenvalue weighted by molar-refractivity contribution is 8.00. The van der Waals surface area contributed by atoms with E-state index in [-0.39, 0.29) is 11.6 Å². The first-order chi connectivity index (χ1) is 22.3. The third-order valence-corrected chi connectivity index (χ3v) is 9.97. The molecule has 0 spiro atoms. The Labute approximate surface area is 280 Å². The summed E-state index contributed by atoms with van der Waals surface area (Å²) in [4.78, 5) is 41.3. The van der Waals surface area contributed by atoms with Gasteiger partial charge in [-0.1, -0.05) is 67.1 Å². The van der Waals surface area contributed by atoms with Crippen molar-refractivity contribution >= 4 is 68.9 Å². The van der Waals surface area contributed by atoms with Crippen LogP contribution in [0.1, 0.15) is 39.7 Å². The Kier molecular flexibility index (Phi) is 10.8. The number of aryl methyl sites for hydroxylation is 1. The molecular weight excluding hydrogens is 633 g/mol. The van der Waals surface area contributed by atoms with Crippen LogP contribution in [0.4, 0.5) is 10.7 Å². The predicted octanol–water partition coefficient (Wildman–Crippen LogP) is 8.58. The van der Waals surface area contributed by atoms with Gasteiger partial charge in [0.25, 0.3) is 11.8 Å². The van der Waals surface area contributed by atoms with Crippen LogP contribution in [-0.4, -0.2) is 23.0 Å². The van der Waals surface area contributed by atoms with Gasteiger partial charge in [0.2, 0.25) is 5.91 Å². The molecule has 1 unspecified atom stereocenters. The van der Waals surface area contributed by atoms with Gasteiger partial charge in [0, 0.05) is 32.0 Å². The monoisotopic (exact) mass is 662 g/mol. The summed E-state index contributed by atoms with van der Waals surface area (Å²) >= 11 is 4.15. The molecule has 0 saturated heterocycles. The number of nitriles is 1. The lowest BCUT2D eigenvalue weighted by Gasteiger charge is -2.15. The van der Waals surface area contributed by atoms with Crippen molar-refractivity contribution in [2.24, 2.45) is 0 Å². The fraction of sp³-hybridized carbons (Fsp3) is 0.111. The van der Waals surface area contributed by atoms with Crippen molar-refractivity contribution in [3.63, 3.8) is 0 Å². The van der Waals surface area contributed by atoms with Crippen molar-refractivity contribution in [2.75, 3.05) is 10.6 Å². The van der Waals surface area contributed by atoms with Gasteiger partial charge in [-0.25, -0.2) is 0 Å². The first kappa shape index (κ1) is 32.4. The minimum atomic E-state index is -0.476. The Hall–Kier alpha value is -4.95. The van der Waals surface area contributed by atoms with Gasteiger partial charge in [-0.05, 0) is 66.8 Å². The molecule has 0 bridgehead atoms. The lowest BCUT2D eigenvalue weighted by Crippen LogP contribution is -2.30. The van der Waals surface area contributed by atoms with E-state index in [1.54, 1.807) is 48.5 Å². The fourth-order valence-electron chi connectivity index (χ4n) is 4.49. The van der Waals surface area contributed by atoms with E-state index in [1.807, 2.05) is 73.1 Å². The first-order valence-corrected chi connectivity index (χ1v) is 17.1. The predicted molar refractivity (Wildman–Crippen MR) is 189 cm³/mol. The highest BCUT2D eigenvalue weighted by Crippen LogP contribution is 2.36. The number of hydrogen-bond acceptors (Lipinski definition) is 7. The SMILES string of the molecule is CCC(Sc1cccc(NC(=O)/C(=C/c2cccs2)NC(=O)c2ccccc2)c1)C(=O)Nc1scc(-c2ccc(C)cc2)c1C#N. The molecule has 0 aliphatic heterocycles. The molecule has 5 rings (SSSR count). The van der Waals surface area contributed by atoms with Crippen LogP contribution in [0, 0.1) is 18.3 Å². The van der Waals surface area contributed by atoms with Gasteiger partial charge in [-0.2, -0.15) is 5.26 Å². The summed E-state index contributed by atoms with van der Waals surface area (Å²) in [6.07, 6.45) is 2.19. The maximum atomic E-state index is 13.4. The van der Waals surface area contributed by atoms with Crippen LogP contribution in [-0.2, 0) is 9.59 Å². The summed E-state index contributed by atoms with van der Waals surface area (Å²) < 4.78 is 0. The van der Waals surface area contributed by atoms with Gasteiger partial charge in [0.05, 0.1) is 10.8 Å². The fourth-order valence-corrected chi connectivity index (χ4v) is 7.08. The molecule has 230 valence electrons. The minimum absolute atomic E-state index is 0.106. The van der Waals surface area contributed by atoms with Gasteiger partial charge >= 0.3 is 0 Å². The number of thioether (sulfide) groups is 1. The van der Waals surface area contributed by atoms with Crippen LogP contribution in [0.5, 0.6) is 0 Å². The summed E-state index contributed by atoms with van der Waals surface area (Å²) in [6.45, 7) is 3.94. The van der Waals surface area contributed by atoms with E-state index in [9.17, 15) is 19.6 Å². The van der Waals surface area contributed by atoms with Crippen LogP contribution in [0.2, 0.25) is 0 Å². The molecule has 0 fully saturated rings. The van der Waals surface area contributed by atoms with Crippen LogP contribution >= 0.6 is 34.4 Å². The third-order valence-electron chi connectivity index (χ3n) is 6.89. The molecular formula is C36H30N4O3S3. The summed E-state index contributed by atoms with van der Waals surface area (Å²) in [5, 5.41) is 22.4. The van der Waals surface area contributed by atoms with Crippen LogP contribution in [0.3, 0.4) is 0 Å². The van der Waals surface area contributed by atoms with Crippen molar-refractivity contribution in [3.8, 4) is 17.2 Å². The van der Waals surface area contributed by atoms with E-state index in [0.717, 1.165) is 26.5 Å². The number of anilines is 2. The summed E-state index contributed by atoms with van der Waals surface area (Å²) in [7, 11) is 0. The van der Waals surface area contributed by atoms with Gasteiger partial charge in [0.1, 0.15) is 16.8 Å². The molecule has 46 heavy (non-hydrogen) atoms. The Morgan fingerprint density at radius 2 is 1.72 bits per heavy atom. The number of rotatable bonds is 11. The van der Waals surface area contributed by atoms with E-state index in [4.69, 9.17) is 0 Å². The number of nitrogens with one attached hydrogen (secondary N) is 3. The minimum Gasteiger partial charge on any atom is -0.321 e. The number of carbonyl (C=O) groups is 3. The number of nitrogens with zero attached hydrogens (tertiary/aromatic N) is 1. The zero-order valence-electron chi connectivity index (χ0n) is 25.1. The summed E-state index contributed by atoms with van der Waals surface area (Å²) in [6, 6.07) is 29.8. The van der Waals surface area contributed by atoms with E-state index in [0.29, 0.717) is 28.2 Å². The average Bonchev–Trinajstić information content (AvgIpc) is 3.74. The van der Waals surface area contributed by atoms with Gasteiger partial charge < -0.3 is 16.0 Å². The molecule has 1 atom stereocenters. The van der Waals surface area contributed by atoms with Crippen molar-refractivity contribution in [1.29, 1.82) is 5.26 Å². The number of amides is 3. The molecule has 3 N–H and O–H groups in total. The quantitative estimate of drug-likeness (QED) is 0.0969. The first-order valence-electron chi connectivity index (χ1n) is 14.4. The topological polar surface area (TPSA) is 111 Å². The van der Waals surface area contributed by atoms with E-state index in [1.165, 1.54) is 34.4 Å². The van der Waals surface area contributed by atoms with Crippen molar-refractivity contribution in [2.45, 2.75) is 30.4 Å². The van der Waals surface area contributed by atoms with Crippen molar-refractivity contribution in [3.05, 3.63) is 129 Å². The van der Waals surface area contributed by atoms with Crippen molar-refractivity contribution in [1.82, 2.24) is 5.32 Å². The lowest BCUT2D eigenvalue weighted by molar-refractivity contribution is -0.116. The standard InChI is InChI=1S/C36H30N4O3S3/c1-3-32(35(43)40-36-29(21-37)30(22-45-36)24-16-14-23(2)15-17-24)46-28-12-7-11-26(19-28)38-34(42)31(20-27-13-8-18-44-27)39-33(41)25-9-5-4-6-10-25/h4-20,22,32H,3H2,1-2H3,(H,38,42)(H,39,41)(H,40,43)/b31-20-. The second-order valence-corrected chi connectivity index (χ2v) is 13.3. The second kappa shape index (κ2) is 15.4. The molecule has 10 heteroatoms. The highest BCUT2D eigenvalue weighted by atomic mass is 32.2. The number of carbonyl (C=O) groups excluding carboxylic acids is 3. The lowest BCUT2D eigenvalue weighted by atomic mass is 10.0. The van der Waals surface area contributed by atoms with Crippen LogP contribution in [0.15, 0.2) is 112 Å². The Balaban J connectivity index is 1.28. The van der Waals surface area contributed by atoms with Crippen molar-refractivity contribution < 1.29 is 14.4 Å². The molecule has 2 aromatic heterocycles. The van der Waals surface area contributed by atoms with E-state index >= 15 is 0 Å². The zero-order chi connectivity index (χ0) is 32.5. The average molecular weight is 663 g/mol. The molecule has 3 aromatic carbocycles. The van der Waals surface area contributed by atoms with Gasteiger partial charge in [-0.15, -0.1) is 34.4 Å². The van der Waals surface area contributed by atoms with Gasteiger partial charge in [-0.3, -0.25) is 14.4 Å². The Morgan fingerprint density at radius 3 is 2.41 bits per heavy atom. The van der Waals surface area contributed by atoms with Crippen LogP contribution in [0.25, 0.3) is 17.2 Å². The molecule has 0 aliphatic carbocycles. The Morgan fingerprint density at radius 1 is 0.935 bits per heavy atom. The largest absolute Gasteiger partial charge is 0.321 e. The molecule has 7 nitrogen and oxygen atoms in total. The summed E-state index contributed by atoms with van der Waals surface area (Å²) in [5.74, 6) is -1.08. The molecule has 0 aliphatic rings. The third kappa shape index (κ3) is 8.20. The Bertz CT molecular complexity index is 1910. The molecule has 2 heterocycles. The maximum Gasteiger partial charge on any atom is 0.272 e. The highest BCUT2D eigenvalue weighted by Gasteiger charge is 2.22.